The van der Waals surface area contributed by atoms with Gasteiger partial charge in [0.05, 0.1) is 12.6 Å². The van der Waals surface area contributed by atoms with E-state index in [4.69, 9.17) is 5.11 Å². The molecule has 1 N–H and O–H groups in total. The van der Waals surface area contributed by atoms with E-state index in [-0.39, 0.29) is 18.3 Å². The first-order valence-electron chi connectivity index (χ1n) is 3.93. The number of rotatable bonds is 2. The molecule has 0 saturated heterocycles. The van der Waals surface area contributed by atoms with Crippen molar-refractivity contribution in [2.75, 3.05) is 6.61 Å². The summed E-state index contributed by atoms with van der Waals surface area (Å²) in [5.41, 5.74) is 0.804. The summed E-state index contributed by atoms with van der Waals surface area (Å²) in [6, 6.07) is -0.140. The average Bonchev–Trinajstić information content (AvgIpc) is 2.26. The van der Waals surface area contributed by atoms with E-state index in [9.17, 15) is 4.79 Å². The van der Waals surface area contributed by atoms with Crippen LogP contribution in [0.4, 0.5) is 0 Å². The molecule has 1 rings (SSSR count). The number of hydrogen-bond acceptors (Lipinski definition) is 2. The van der Waals surface area contributed by atoms with E-state index in [1.54, 1.807) is 17.8 Å². The van der Waals surface area contributed by atoms with E-state index in [1.807, 2.05) is 13.8 Å². The van der Waals surface area contributed by atoms with Crippen LogP contribution in [0.25, 0.3) is 0 Å². The minimum absolute atomic E-state index is 0.00917. The molecule has 12 heavy (non-hydrogen) atoms. The molecular formula is C8H14N2O2. The monoisotopic (exact) mass is 170 g/mol. The predicted octanol–water partition coefficient (Wildman–Crippen LogP) is 0.0485. The van der Waals surface area contributed by atoms with Crippen molar-refractivity contribution in [3.63, 3.8) is 0 Å². The number of aliphatic hydroxyl groups excluding tert-OH is 1. The third-order valence-corrected chi connectivity index (χ3v) is 1.97. The molecule has 0 bridgehead atoms. The van der Waals surface area contributed by atoms with Gasteiger partial charge in [0, 0.05) is 18.9 Å². The summed E-state index contributed by atoms with van der Waals surface area (Å²) in [5, 5.41) is 8.88. The molecule has 0 saturated carbocycles. The molecule has 1 aromatic heterocycles. The fourth-order valence-electron chi connectivity index (χ4n) is 1.34. The van der Waals surface area contributed by atoms with Crippen LogP contribution in [-0.4, -0.2) is 20.8 Å². The van der Waals surface area contributed by atoms with Gasteiger partial charge in [-0.05, 0) is 13.8 Å². The Kier molecular flexibility index (Phi) is 2.38. The Morgan fingerprint density at radius 3 is 2.58 bits per heavy atom. The molecule has 4 heteroatoms. The smallest absolute Gasteiger partial charge is 0.328 e. The van der Waals surface area contributed by atoms with Crippen molar-refractivity contribution in [2.24, 2.45) is 7.05 Å². The van der Waals surface area contributed by atoms with Crippen molar-refractivity contribution in [3.05, 3.63) is 22.4 Å². The Bertz CT molecular complexity index is 324. The molecule has 4 nitrogen and oxygen atoms in total. The SMILES string of the molecule is Cc1cn(C)c(=O)n1C(C)CO. The Hall–Kier alpha value is -1.03. The van der Waals surface area contributed by atoms with Crippen LogP contribution in [0.2, 0.25) is 0 Å². The van der Waals surface area contributed by atoms with Crippen molar-refractivity contribution in [3.8, 4) is 0 Å². The number of imidazole rings is 1. The minimum atomic E-state index is -0.140. The van der Waals surface area contributed by atoms with E-state index in [2.05, 4.69) is 0 Å². The second-order valence-electron chi connectivity index (χ2n) is 3.07. The molecule has 0 aliphatic heterocycles. The Balaban J connectivity index is 3.22. The Morgan fingerprint density at radius 2 is 2.25 bits per heavy atom. The zero-order valence-corrected chi connectivity index (χ0v) is 7.61. The maximum Gasteiger partial charge on any atom is 0.328 e. The molecule has 1 atom stereocenters. The predicted molar refractivity (Wildman–Crippen MR) is 46.2 cm³/mol. The largest absolute Gasteiger partial charge is 0.394 e. The van der Waals surface area contributed by atoms with Gasteiger partial charge in [0.2, 0.25) is 0 Å². The lowest BCUT2D eigenvalue weighted by Crippen LogP contribution is -2.27. The van der Waals surface area contributed by atoms with Crippen molar-refractivity contribution in [1.82, 2.24) is 9.13 Å². The normalized spacial score (nSPS) is 13.3. The van der Waals surface area contributed by atoms with Gasteiger partial charge < -0.3 is 9.67 Å². The first kappa shape index (κ1) is 9.06. The van der Waals surface area contributed by atoms with Gasteiger partial charge in [-0.25, -0.2) is 4.79 Å². The first-order chi connectivity index (χ1) is 5.57. The second kappa shape index (κ2) is 3.15. The van der Waals surface area contributed by atoms with E-state index in [1.165, 1.54) is 4.57 Å². The third kappa shape index (κ3) is 1.30. The van der Waals surface area contributed by atoms with E-state index < -0.39 is 0 Å². The molecule has 1 heterocycles. The highest BCUT2D eigenvalue weighted by Crippen LogP contribution is 2.04. The zero-order valence-electron chi connectivity index (χ0n) is 7.61. The number of aromatic nitrogens is 2. The lowest BCUT2D eigenvalue weighted by molar-refractivity contribution is 0.234. The number of hydrogen-bond donors (Lipinski definition) is 1. The van der Waals surface area contributed by atoms with Crippen LogP contribution in [0.15, 0.2) is 11.0 Å². The summed E-state index contributed by atoms with van der Waals surface area (Å²) >= 11 is 0. The van der Waals surface area contributed by atoms with Gasteiger partial charge in [-0.3, -0.25) is 4.57 Å². The summed E-state index contributed by atoms with van der Waals surface area (Å²) in [6.45, 7) is 3.66. The molecule has 0 amide bonds. The molecule has 0 aliphatic rings. The van der Waals surface area contributed by atoms with Gasteiger partial charge in [-0.2, -0.15) is 0 Å². The highest BCUT2D eigenvalue weighted by molar-refractivity contribution is 4.98. The fourth-order valence-corrected chi connectivity index (χ4v) is 1.34. The lowest BCUT2D eigenvalue weighted by Gasteiger charge is -2.09. The van der Waals surface area contributed by atoms with Gasteiger partial charge in [0.1, 0.15) is 0 Å². The molecule has 68 valence electrons. The molecular weight excluding hydrogens is 156 g/mol. The summed E-state index contributed by atoms with van der Waals surface area (Å²) in [4.78, 5) is 11.4. The molecule has 0 spiro atoms. The summed E-state index contributed by atoms with van der Waals surface area (Å²) in [6.07, 6.45) is 1.76. The van der Waals surface area contributed by atoms with Crippen LogP contribution >= 0.6 is 0 Å². The van der Waals surface area contributed by atoms with Crippen LogP contribution in [0, 0.1) is 6.92 Å². The van der Waals surface area contributed by atoms with Gasteiger partial charge in [0.25, 0.3) is 0 Å². The molecule has 1 unspecified atom stereocenters. The number of aliphatic hydroxyl groups is 1. The van der Waals surface area contributed by atoms with Gasteiger partial charge >= 0.3 is 5.69 Å². The maximum atomic E-state index is 11.4. The average molecular weight is 170 g/mol. The molecule has 0 radical (unpaired) electrons. The van der Waals surface area contributed by atoms with Crippen LogP contribution in [0.1, 0.15) is 18.7 Å². The van der Waals surface area contributed by atoms with Gasteiger partial charge in [0.15, 0.2) is 0 Å². The van der Waals surface area contributed by atoms with Crippen LogP contribution < -0.4 is 5.69 Å². The van der Waals surface area contributed by atoms with Crippen molar-refractivity contribution in [1.29, 1.82) is 0 Å². The molecule has 0 aliphatic carbocycles. The van der Waals surface area contributed by atoms with Crippen molar-refractivity contribution < 1.29 is 5.11 Å². The molecule has 0 fully saturated rings. The second-order valence-corrected chi connectivity index (χ2v) is 3.07. The summed E-state index contributed by atoms with van der Waals surface area (Å²) in [7, 11) is 1.70. The fraction of sp³-hybridized carbons (Fsp3) is 0.625. The van der Waals surface area contributed by atoms with Crippen molar-refractivity contribution >= 4 is 0 Å². The maximum absolute atomic E-state index is 11.4. The first-order valence-corrected chi connectivity index (χ1v) is 3.93. The minimum Gasteiger partial charge on any atom is -0.394 e. The summed E-state index contributed by atoms with van der Waals surface area (Å²) < 4.78 is 3.10. The van der Waals surface area contributed by atoms with Crippen LogP contribution in [0.3, 0.4) is 0 Å². The van der Waals surface area contributed by atoms with E-state index in [0.717, 1.165) is 5.69 Å². The summed E-state index contributed by atoms with van der Waals surface area (Å²) in [5.74, 6) is 0. The number of aryl methyl sites for hydroxylation is 2. The molecule has 0 aromatic carbocycles. The van der Waals surface area contributed by atoms with E-state index >= 15 is 0 Å². The Morgan fingerprint density at radius 1 is 1.67 bits per heavy atom. The van der Waals surface area contributed by atoms with Gasteiger partial charge in [-0.15, -0.1) is 0 Å². The number of nitrogens with zero attached hydrogens (tertiary/aromatic N) is 2. The van der Waals surface area contributed by atoms with E-state index in [0.29, 0.717) is 0 Å². The standard InChI is InChI=1S/C8H14N2O2/c1-6-4-9(3)8(12)10(6)7(2)5-11/h4,7,11H,5H2,1-3H3. The topological polar surface area (TPSA) is 47.2 Å². The van der Waals surface area contributed by atoms with Crippen LogP contribution in [-0.2, 0) is 7.05 Å². The Labute approximate surface area is 71.1 Å². The third-order valence-electron chi connectivity index (χ3n) is 1.97. The lowest BCUT2D eigenvalue weighted by atomic mass is 10.3. The zero-order chi connectivity index (χ0) is 9.30. The van der Waals surface area contributed by atoms with Gasteiger partial charge in [-0.1, -0.05) is 0 Å². The highest BCUT2D eigenvalue weighted by atomic mass is 16.3. The highest BCUT2D eigenvalue weighted by Gasteiger charge is 2.10. The molecule has 1 aromatic rings. The quantitative estimate of drug-likeness (QED) is 0.681. The van der Waals surface area contributed by atoms with Crippen molar-refractivity contribution in [2.45, 2.75) is 19.9 Å². The van der Waals surface area contributed by atoms with Crippen LogP contribution in [0.5, 0.6) is 0 Å².